The maximum Gasteiger partial charge on any atom is 0.223 e. The van der Waals surface area contributed by atoms with E-state index in [0.717, 1.165) is 20.9 Å². The molecule has 1 aromatic heterocycles. The molecule has 1 amide bonds. The topological polar surface area (TPSA) is 46.6 Å². The summed E-state index contributed by atoms with van der Waals surface area (Å²) in [7, 11) is 0. The second-order valence-electron chi connectivity index (χ2n) is 6.36. The molecule has 3 rings (SSSR count). The van der Waals surface area contributed by atoms with Gasteiger partial charge < -0.3 is 9.64 Å². The van der Waals surface area contributed by atoms with E-state index in [0.29, 0.717) is 19.7 Å². The SMILES string of the molecule is Cc1cc(C(=O)CCC(=O)N2CCOC(c3ccccc3)C2)c(C)s1. The number of amides is 1. The Balaban J connectivity index is 1.56. The summed E-state index contributed by atoms with van der Waals surface area (Å²) in [5, 5.41) is 0. The van der Waals surface area contributed by atoms with Gasteiger partial charge in [0.25, 0.3) is 0 Å². The predicted octanol–water partition coefficient (Wildman–Crippen LogP) is 3.93. The molecule has 0 bridgehead atoms. The molecule has 4 nitrogen and oxygen atoms in total. The number of ketones is 1. The summed E-state index contributed by atoms with van der Waals surface area (Å²) in [6.45, 7) is 5.62. The third kappa shape index (κ3) is 4.35. The fraction of sp³-hybridized carbons (Fsp3) is 0.400. The van der Waals surface area contributed by atoms with Crippen LogP contribution in [0.1, 0.15) is 44.6 Å². The van der Waals surface area contributed by atoms with Gasteiger partial charge >= 0.3 is 0 Å². The second kappa shape index (κ2) is 7.93. The average molecular weight is 357 g/mol. The number of carbonyl (C=O) groups is 2. The van der Waals surface area contributed by atoms with Crippen molar-refractivity contribution < 1.29 is 14.3 Å². The molecule has 0 aliphatic carbocycles. The third-order valence-electron chi connectivity index (χ3n) is 4.50. The van der Waals surface area contributed by atoms with Crippen LogP contribution >= 0.6 is 11.3 Å². The number of morpholine rings is 1. The number of thiophene rings is 1. The van der Waals surface area contributed by atoms with Crippen LogP contribution in [0.15, 0.2) is 36.4 Å². The van der Waals surface area contributed by atoms with Gasteiger partial charge in [0.1, 0.15) is 6.10 Å². The quantitative estimate of drug-likeness (QED) is 0.762. The first-order chi connectivity index (χ1) is 12.0. The Morgan fingerprint density at radius 3 is 2.64 bits per heavy atom. The number of Topliss-reactive ketones (excluding diaryl/α,β-unsaturated/α-hetero) is 1. The first kappa shape index (κ1) is 17.8. The van der Waals surface area contributed by atoms with E-state index in [2.05, 4.69) is 0 Å². The van der Waals surface area contributed by atoms with Crippen LogP contribution in [0.25, 0.3) is 0 Å². The van der Waals surface area contributed by atoms with Gasteiger partial charge in [0, 0.05) is 34.7 Å². The maximum absolute atomic E-state index is 12.5. The highest BCUT2D eigenvalue weighted by Crippen LogP contribution is 2.24. The van der Waals surface area contributed by atoms with Crippen LogP contribution in [0.2, 0.25) is 0 Å². The molecule has 25 heavy (non-hydrogen) atoms. The molecule has 2 aromatic rings. The minimum atomic E-state index is -0.0867. The lowest BCUT2D eigenvalue weighted by Gasteiger charge is -2.33. The normalized spacial score (nSPS) is 17.5. The Hall–Kier alpha value is -1.98. The molecule has 1 saturated heterocycles. The fourth-order valence-corrected chi connectivity index (χ4v) is 4.11. The third-order valence-corrected chi connectivity index (χ3v) is 5.46. The van der Waals surface area contributed by atoms with E-state index in [-0.39, 0.29) is 30.6 Å². The first-order valence-electron chi connectivity index (χ1n) is 8.59. The van der Waals surface area contributed by atoms with Crippen LogP contribution < -0.4 is 0 Å². The molecule has 1 unspecified atom stereocenters. The second-order valence-corrected chi connectivity index (χ2v) is 7.82. The Morgan fingerprint density at radius 2 is 1.96 bits per heavy atom. The molecule has 1 aliphatic heterocycles. The zero-order valence-electron chi connectivity index (χ0n) is 14.7. The van der Waals surface area contributed by atoms with Gasteiger partial charge in [0.2, 0.25) is 5.91 Å². The van der Waals surface area contributed by atoms with E-state index in [4.69, 9.17) is 4.74 Å². The van der Waals surface area contributed by atoms with Crippen molar-refractivity contribution in [3.05, 3.63) is 57.3 Å². The monoisotopic (exact) mass is 357 g/mol. The van der Waals surface area contributed by atoms with E-state index < -0.39 is 0 Å². The summed E-state index contributed by atoms with van der Waals surface area (Å²) in [6.07, 6.45) is 0.439. The first-order valence-corrected chi connectivity index (χ1v) is 9.41. The maximum atomic E-state index is 12.5. The number of ether oxygens (including phenoxy) is 1. The highest BCUT2D eigenvalue weighted by molar-refractivity contribution is 7.12. The lowest BCUT2D eigenvalue weighted by Crippen LogP contribution is -2.42. The highest BCUT2D eigenvalue weighted by atomic mass is 32.1. The number of aryl methyl sites for hydroxylation is 2. The van der Waals surface area contributed by atoms with Crippen molar-refractivity contribution in [3.8, 4) is 0 Å². The summed E-state index contributed by atoms with van der Waals surface area (Å²) >= 11 is 1.63. The summed E-state index contributed by atoms with van der Waals surface area (Å²) in [4.78, 5) is 28.9. The number of hydrogen-bond acceptors (Lipinski definition) is 4. The highest BCUT2D eigenvalue weighted by Gasteiger charge is 2.25. The van der Waals surface area contributed by atoms with Crippen LogP contribution in [0.5, 0.6) is 0 Å². The minimum Gasteiger partial charge on any atom is -0.370 e. The van der Waals surface area contributed by atoms with E-state index in [1.165, 1.54) is 0 Å². The van der Waals surface area contributed by atoms with Gasteiger partial charge in [0.05, 0.1) is 13.2 Å². The fourth-order valence-electron chi connectivity index (χ4n) is 3.17. The summed E-state index contributed by atoms with van der Waals surface area (Å²) < 4.78 is 5.80. The summed E-state index contributed by atoms with van der Waals surface area (Å²) in [6, 6.07) is 11.9. The van der Waals surface area contributed by atoms with Crippen LogP contribution in [0, 0.1) is 13.8 Å². The summed E-state index contributed by atoms with van der Waals surface area (Å²) in [5.74, 6) is 0.0882. The number of carbonyl (C=O) groups excluding carboxylic acids is 2. The Morgan fingerprint density at radius 1 is 1.20 bits per heavy atom. The molecular weight excluding hydrogens is 334 g/mol. The van der Waals surface area contributed by atoms with Crippen LogP contribution in [-0.2, 0) is 9.53 Å². The zero-order chi connectivity index (χ0) is 17.8. The molecule has 0 radical (unpaired) electrons. The molecule has 1 aromatic carbocycles. The molecule has 2 heterocycles. The van der Waals surface area contributed by atoms with Crippen LogP contribution in [-0.4, -0.2) is 36.3 Å². The van der Waals surface area contributed by atoms with Crippen molar-refractivity contribution in [1.82, 2.24) is 4.90 Å². The van der Waals surface area contributed by atoms with Gasteiger partial charge in [-0.05, 0) is 25.5 Å². The number of hydrogen-bond donors (Lipinski definition) is 0. The van der Waals surface area contributed by atoms with E-state index in [9.17, 15) is 9.59 Å². The smallest absolute Gasteiger partial charge is 0.223 e. The van der Waals surface area contributed by atoms with Crippen molar-refractivity contribution in [2.75, 3.05) is 19.7 Å². The van der Waals surface area contributed by atoms with Crippen molar-refractivity contribution >= 4 is 23.0 Å². The zero-order valence-corrected chi connectivity index (χ0v) is 15.5. The van der Waals surface area contributed by atoms with Gasteiger partial charge in [-0.3, -0.25) is 9.59 Å². The lowest BCUT2D eigenvalue weighted by atomic mass is 10.1. The van der Waals surface area contributed by atoms with Gasteiger partial charge in [-0.1, -0.05) is 30.3 Å². The summed E-state index contributed by atoms with van der Waals surface area (Å²) in [5.41, 5.74) is 1.85. The Labute approximate surface area is 152 Å². The van der Waals surface area contributed by atoms with E-state index in [1.807, 2.05) is 55.1 Å². The standard InChI is InChI=1S/C20H23NO3S/c1-14-12-17(15(2)25-14)18(22)8-9-20(23)21-10-11-24-19(13-21)16-6-4-3-5-7-16/h3-7,12,19H,8-11,13H2,1-2H3. The average Bonchev–Trinajstić information content (AvgIpc) is 2.98. The Bertz CT molecular complexity index is 754. The van der Waals surface area contributed by atoms with Gasteiger partial charge in [-0.25, -0.2) is 0 Å². The van der Waals surface area contributed by atoms with Gasteiger partial charge in [0.15, 0.2) is 5.78 Å². The molecule has 0 N–H and O–H groups in total. The minimum absolute atomic E-state index is 0.0298. The van der Waals surface area contributed by atoms with Gasteiger partial charge in [-0.2, -0.15) is 0 Å². The Kier molecular flexibility index (Phi) is 5.66. The van der Waals surface area contributed by atoms with Crippen molar-refractivity contribution in [3.63, 3.8) is 0 Å². The molecule has 0 saturated carbocycles. The van der Waals surface area contributed by atoms with Crippen molar-refractivity contribution in [2.45, 2.75) is 32.8 Å². The lowest BCUT2D eigenvalue weighted by molar-refractivity contribution is -0.139. The number of rotatable bonds is 5. The van der Waals surface area contributed by atoms with Gasteiger partial charge in [-0.15, -0.1) is 11.3 Å². The molecule has 1 atom stereocenters. The van der Waals surface area contributed by atoms with E-state index in [1.54, 1.807) is 11.3 Å². The van der Waals surface area contributed by atoms with Crippen molar-refractivity contribution in [2.24, 2.45) is 0 Å². The molecule has 132 valence electrons. The van der Waals surface area contributed by atoms with E-state index >= 15 is 0 Å². The molecule has 1 aliphatic rings. The molecular formula is C20H23NO3S. The molecule has 0 spiro atoms. The van der Waals surface area contributed by atoms with Crippen LogP contribution in [0.4, 0.5) is 0 Å². The van der Waals surface area contributed by atoms with Crippen molar-refractivity contribution in [1.29, 1.82) is 0 Å². The molecule has 1 fully saturated rings. The van der Waals surface area contributed by atoms with Crippen LogP contribution in [0.3, 0.4) is 0 Å². The largest absolute Gasteiger partial charge is 0.370 e. The number of nitrogens with zero attached hydrogens (tertiary/aromatic N) is 1. The number of benzene rings is 1. The molecule has 5 heteroatoms. The predicted molar refractivity (Wildman–Crippen MR) is 99.1 cm³/mol.